The first kappa shape index (κ1) is 13.2. The lowest BCUT2D eigenvalue weighted by molar-refractivity contribution is 0.0624. The molecule has 2 rings (SSSR count). The van der Waals surface area contributed by atoms with Crippen molar-refractivity contribution in [2.75, 3.05) is 39.4 Å². The Kier molecular flexibility index (Phi) is 4.83. The van der Waals surface area contributed by atoms with Crippen LogP contribution in [0.3, 0.4) is 0 Å². The van der Waals surface area contributed by atoms with Crippen LogP contribution in [0.25, 0.3) is 0 Å². The van der Waals surface area contributed by atoms with E-state index >= 15 is 0 Å². The number of hydrogen-bond acceptors (Lipinski definition) is 6. The molecule has 0 aromatic rings. The average molecular weight is 254 g/mol. The largest absolute Gasteiger partial charge is 0.471 e. The predicted octanol–water partition coefficient (Wildman–Crippen LogP) is -0.127. The van der Waals surface area contributed by atoms with Gasteiger partial charge >= 0.3 is 0 Å². The minimum Gasteiger partial charge on any atom is -0.471 e. The highest BCUT2D eigenvalue weighted by Gasteiger charge is 2.22. The second kappa shape index (κ2) is 6.61. The summed E-state index contributed by atoms with van der Waals surface area (Å²) in [7, 11) is 0. The molecule has 18 heavy (non-hydrogen) atoms. The van der Waals surface area contributed by atoms with Gasteiger partial charge in [0.25, 0.3) is 0 Å². The Bertz CT molecular complexity index is 318. The maximum absolute atomic E-state index is 6.03. The van der Waals surface area contributed by atoms with E-state index in [0.29, 0.717) is 12.5 Å². The summed E-state index contributed by atoms with van der Waals surface area (Å²) in [6.07, 6.45) is 2.91. The van der Waals surface area contributed by atoms with Crippen LogP contribution in [0.4, 0.5) is 0 Å². The summed E-state index contributed by atoms with van der Waals surface area (Å²) in [6.45, 7) is 6.81. The molecule has 0 atom stereocenters. The third-order valence-corrected chi connectivity index (χ3v) is 3.03. The number of aliphatic imine (C=N–C) groups is 1. The van der Waals surface area contributed by atoms with Gasteiger partial charge in [0.05, 0.1) is 6.61 Å². The molecule has 2 aliphatic heterocycles. The number of hydrogen-bond donors (Lipinski definition) is 2. The van der Waals surface area contributed by atoms with Crippen LogP contribution in [0.2, 0.25) is 0 Å². The Morgan fingerprint density at radius 3 is 2.94 bits per heavy atom. The SMILES string of the molecule is C/C=N\C(=C(/N)OC1CNC1)N1CCCOCC1. The van der Waals surface area contributed by atoms with Crippen molar-refractivity contribution in [2.45, 2.75) is 19.4 Å². The van der Waals surface area contributed by atoms with Gasteiger partial charge in [0, 0.05) is 39.0 Å². The van der Waals surface area contributed by atoms with E-state index in [-0.39, 0.29) is 6.10 Å². The molecule has 0 saturated carbocycles. The van der Waals surface area contributed by atoms with Crippen molar-refractivity contribution in [3.05, 3.63) is 11.7 Å². The summed E-state index contributed by atoms with van der Waals surface area (Å²) in [5.41, 5.74) is 6.03. The molecule has 0 spiro atoms. The molecule has 3 N–H and O–H groups in total. The zero-order valence-corrected chi connectivity index (χ0v) is 10.9. The van der Waals surface area contributed by atoms with E-state index < -0.39 is 0 Å². The molecule has 0 radical (unpaired) electrons. The Balaban J connectivity index is 2.05. The number of ether oxygens (including phenoxy) is 2. The van der Waals surface area contributed by atoms with Crippen molar-refractivity contribution >= 4 is 6.21 Å². The third-order valence-electron chi connectivity index (χ3n) is 3.03. The van der Waals surface area contributed by atoms with Gasteiger partial charge in [-0.2, -0.15) is 0 Å². The molecular formula is C12H22N4O2. The first-order valence-corrected chi connectivity index (χ1v) is 6.49. The topological polar surface area (TPSA) is 72.1 Å². The summed E-state index contributed by atoms with van der Waals surface area (Å²) in [5.74, 6) is 1.15. The summed E-state index contributed by atoms with van der Waals surface area (Å²) in [4.78, 5) is 6.49. The van der Waals surface area contributed by atoms with Gasteiger partial charge in [0.2, 0.25) is 5.88 Å². The summed E-state index contributed by atoms with van der Waals surface area (Å²) in [5, 5.41) is 3.15. The Morgan fingerprint density at radius 1 is 1.44 bits per heavy atom. The lowest BCUT2D eigenvalue weighted by Crippen LogP contribution is -2.49. The first-order chi connectivity index (χ1) is 8.81. The quantitative estimate of drug-likeness (QED) is 0.540. The summed E-state index contributed by atoms with van der Waals surface area (Å²) < 4.78 is 11.1. The normalized spacial score (nSPS) is 23.5. The molecular weight excluding hydrogens is 232 g/mol. The molecule has 2 aliphatic rings. The van der Waals surface area contributed by atoms with E-state index in [4.69, 9.17) is 15.2 Å². The molecule has 0 bridgehead atoms. The molecule has 0 aromatic heterocycles. The molecule has 2 heterocycles. The third kappa shape index (κ3) is 3.36. The molecule has 0 unspecified atom stereocenters. The van der Waals surface area contributed by atoms with Crippen molar-refractivity contribution in [3.8, 4) is 0 Å². The van der Waals surface area contributed by atoms with E-state index in [1.54, 1.807) is 6.21 Å². The van der Waals surface area contributed by atoms with Crippen LogP contribution >= 0.6 is 0 Å². The fourth-order valence-corrected chi connectivity index (χ4v) is 1.96. The molecule has 0 amide bonds. The Labute approximate surface area is 108 Å². The van der Waals surface area contributed by atoms with Gasteiger partial charge < -0.3 is 25.4 Å². The van der Waals surface area contributed by atoms with Crippen LogP contribution in [0.15, 0.2) is 16.7 Å². The van der Waals surface area contributed by atoms with Gasteiger partial charge in [0.1, 0.15) is 6.10 Å². The molecule has 2 fully saturated rings. The molecule has 2 saturated heterocycles. The zero-order chi connectivity index (χ0) is 12.8. The number of nitrogens with one attached hydrogen (secondary N) is 1. The van der Waals surface area contributed by atoms with Crippen LogP contribution in [-0.4, -0.2) is 56.6 Å². The number of rotatable bonds is 4. The summed E-state index contributed by atoms with van der Waals surface area (Å²) >= 11 is 0. The number of nitrogens with zero attached hydrogens (tertiary/aromatic N) is 2. The lowest BCUT2D eigenvalue weighted by atomic mass is 10.2. The van der Waals surface area contributed by atoms with Gasteiger partial charge in [-0.1, -0.05) is 0 Å². The van der Waals surface area contributed by atoms with Gasteiger partial charge in [-0.25, -0.2) is 4.99 Å². The molecule has 0 aliphatic carbocycles. The minimum absolute atomic E-state index is 0.176. The second-order valence-corrected chi connectivity index (χ2v) is 4.43. The van der Waals surface area contributed by atoms with Gasteiger partial charge in [-0.3, -0.25) is 0 Å². The van der Waals surface area contributed by atoms with Crippen LogP contribution in [0, 0.1) is 0 Å². The number of nitrogens with two attached hydrogens (primary N) is 1. The minimum atomic E-state index is 0.176. The highest BCUT2D eigenvalue weighted by Crippen LogP contribution is 2.15. The average Bonchev–Trinajstić information content (AvgIpc) is 2.59. The van der Waals surface area contributed by atoms with Crippen LogP contribution < -0.4 is 11.1 Å². The van der Waals surface area contributed by atoms with E-state index in [9.17, 15) is 0 Å². The van der Waals surface area contributed by atoms with E-state index in [1.807, 2.05) is 6.92 Å². The van der Waals surface area contributed by atoms with E-state index in [2.05, 4.69) is 15.2 Å². The smallest absolute Gasteiger partial charge is 0.228 e. The standard InChI is InChI=1S/C12H22N4O2/c1-2-15-12(11(13)18-10-8-14-9-10)16-4-3-6-17-7-5-16/h2,10,14H,3-9,13H2,1H3/b12-11-,15-2-. The molecule has 6 heteroatoms. The Hall–Kier alpha value is -1.27. The van der Waals surface area contributed by atoms with Gasteiger partial charge in [-0.15, -0.1) is 0 Å². The molecule has 0 aromatic carbocycles. The fraction of sp³-hybridized carbons (Fsp3) is 0.750. The summed E-state index contributed by atoms with van der Waals surface area (Å²) in [6, 6.07) is 0. The van der Waals surface area contributed by atoms with Crippen molar-refractivity contribution in [2.24, 2.45) is 10.7 Å². The maximum atomic E-state index is 6.03. The van der Waals surface area contributed by atoms with E-state index in [0.717, 1.165) is 45.0 Å². The van der Waals surface area contributed by atoms with Gasteiger partial charge in [-0.05, 0) is 13.3 Å². The zero-order valence-electron chi connectivity index (χ0n) is 10.9. The van der Waals surface area contributed by atoms with Crippen LogP contribution in [-0.2, 0) is 9.47 Å². The lowest BCUT2D eigenvalue weighted by Gasteiger charge is -2.30. The maximum Gasteiger partial charge on any atom is 0.228 e. The van der Waals surface area contributed by atoms with E-state index in [1.165, 1.54) is 0 Å². The predicted molar refractivity (Wildman–Crippen MR) is 70.1 cm³/mol. The molecule has 102 valence electrons. The fourth-order valence-electron chi connectivity index (χ4n) is 1.96. The monoisotopic (exact) mass is 254 g/mol. The van der Waals surface area contributed by atoms with Crippen molar-refractivity contribution in [1.82, 2.24) is 10.2 Å². The van der Waals surface area contributed by atoms with Crippen molar-refractivity contribution < 1.29 is 9.47 Å². The second-order valence-electron chi connectivity index (χ2n) is 4.43. The van der Waals surface area contributed by atoms with Gasteiger partial charge in [0.15, 0.2) is 5.82 Å². The van der Waals surface area contributed by atoms with Crippen molar-refractivity contribution in [1.29, 1.82) is 0 Å². The van der Waals surface area contributed by atoms with Crippen LogP contribution in [0.1, 0.15) is 13.3 Å². The molecule has 6 nitrogen and oxygen atoms in total. The van der Waals surface area contributed by atoms with Crippen molar-refractivity contribution in [3.63, 3.8) is 0 Å². The Morgan fingerprint density at radius 2 is 2.28 bits per heavy atom. The highest BCUT2D eigenvalue weighted by atomic mass is 16.5. The van der Waals surface area contributed by atoms with Crippen LogP contribution in [0.5, 0.6) is 0 Å². The first-order valence-electron chi connectivity index (χ1n) is 6.49. The highest BCUT2D eigenvalue weighted by molar-refractivity contribution is 5.55.